The molecule has 11 heavy (non-hydrogen) atoms. The van der Waals surface area contributed by atoms with Crippen LogP contribution in [0.5, 0.6) is 0 Å². The average molecular weight is 160 g/mol. The summed E-state index contributed by atoms with van der Waals surface area (Å²) in [6, 6.07) is 0. The summed E-state index contributed by atoms with van der Waals surface area (Å²) >= 11 is 0. The van der Waals surface area contributed by atoms with Gasteiger partial charge in [-0.3, -0.25) is 4.79 Å². The first-order chi connectivity index (χ1) is 4.88. The first-order valence-corrected chi connectivity index (χ1v) is 3.12. The predicted octanol–water partition coefficient (Wildman–Crippen LogP) is -1.25. The lowest BCUT2D eigenvalue weighted by molar-refractivity contribution is -0.161. The third-order valence-electron chi connectivity index (χ3n) is 0.899. The number of carbonyl (C=O) groups excluding carboxylic acids is 2. The van der Waals surface area contributed by atoms with E-state index in [1.165, 1.54) is 13.8 Å². The van der Waals surface area contributed by atoms with Crippen LogP contribution in [0, 0.1) is 0 Å². The highest BCUT2D eigenvalue weighted by atomic mass is 16.6. The molecule has 0 saturated heterocycles. The molecule has 0 aliphatic carbocycles. The zero-order chi connectivity index (χ0) is 9.07. The topological polar surface area (TPSA) is 95.4 Å². The van der Waals surface area contributed by atoms with Crippen LogP contribution in [0.15, 0.2) is 0 Å². The van der Waals surface area contributed by atoms with Crippen LogP contribution in [-0.4, -0.2) is 24.0 Å². The summed E-state index contributed by atoms with van der Waals surface area (Å²) in [7, 11) is 0. The van der Waals surface area contributed by atoms with E-state index in [0.29, 0.717) is 0 Å². The Kier molecular flexibility index (Phi) is 3.16. The number of hydrogen-bond acceptors (Lipinski definition) is 5. The van der Waals surface area contributed by atoms with E-state index in [-0.39, 0.29) is 6.54 Å². The molecule has 0 aliphatic heterocycles. The molecule has 64 valence electrons. The predicted molar refractivity (Wildman–Crippen MR) is 38.4 cm³/mol. The molecule has 5 heteroatoms. The summed E-state index contributed by atoms with van der Waals surface area (Å²) < 4.78 is 4.24. The summed E-state index contributed by atoms with van der Waals surface area (Å²) in [6.07, 6.45) is 0. The van der Waals surface area contributed by atoms with Crippen LogP contribution in [0.2, 0.25) is 0 Å². The quantitative estimate of drug-likeness (QED) is 0.389. The van der Waals surface area contributed by atoms with Crippen LogP contribution in [-0.2, 0) is 14.3 Å². The van der Waals surface area contributed by atoms with Gasteiger partial charge in [-0.15, -0.1) is 0 Å². The van der Waals surface area contributed by atoms with E-state index in [4.69, 9.17) is 11.5 Å². The van der Waals surface area contributed by atoms with Gasteiger partial charge < -0.3 is 16.2 Å². The van der Waals surface area contributed by atoms with Crippen LogP contribution in [0.25, 0.3) is 0 Å². The smallest absolute Gasteiger partial charge is 0.333 e. The van der Waals surface area contributed by atoms with Gasteiger partial charge in [0.05, 0.1) is 6.54 Å². The van der Waals surface area contributed by atoms with E-state index < -0.39 is 17.5 Å². The molecule has 0 fully saturated rings. The Morgan fingerprint density at radius 1 is 1.45 bits per heavy atom. The van der Waals surface area contributed by atoms with Gasteiger partial charge >= 0.3 is 11.9 Å². The van der Waals surface area contributed by atoms with Gasteiger partial charge in [0.1, 0.15) is 5.54 Å². The molecule has 0 spiro atoms. The van der Waals surface area contributed by atoms with Gasteiger partial charge in [0.2, 0.25) is 0 Å². The lowest BCUT2D eigenvalue weighted by atomic mass is 10.1. The molecule has 5 nitrogen and oxygen atoms in total. The maximum Gasteiger partial charge on any atom is 0.333 e. The summed E-state index contributed by atoms with van der Waals surface area (Å²) in [5.74, 6) is -1.54. The molecule has 0 aromatic heterocycles. The van der Waals surface area contributed by atoms with Gasteiger partial charge in [-0.1, -0.05) is 0 Å². The fraction of sp³-hybridized carbons (Fsp3) is 0.667. The van der Waals surface area contributed by atoms with Gasteiger partial charge in [-0.25, -0.2) is 4.79 Å². The van der Waals surface area contributed by atoms with Gasteiger partial charge in [0.25, 0.3) is 0 Å². The molecule has 0 saturated carbocycles. The number of rotatable bonds is 2. The van der Waals surface area contributed by atoms with Crippen molar-refractivity contribution in [2.24, 2.45) is 11.5 Å². The third-order valence-corrected chi connectivity index (χ3v) is 0.899. The summed E-state index contributed by atoms with van der Waals surface area (Å²) in [5.41, 5.74) is 9.06. The fourth-order valence-electron chi connectivity index (χ4n) is 0.277. The highest BCUT2D eigenvalue weighted by molar-refractivity contribution is 5.91. The molecule has 0 aromatic carbocycles. The maximum absolute atomic E-state index is 10.8. The molecule has 0 heterocycles. The Hall–Kier alpha value is -0.940. The second-order valence-corrected chi connectivity index (χ2v) is 2.69. The van der Waals surface area contributed by atoms with Crippen LogP contribution in [0.4, 0.5) is 0 Å². The van der Waals surface area contributed by atoms with Gasteiger partial charge in [0.15, 0.2) is 0 Å². The Labute approximate surface area is 64.7 Å². The van der Waals surface area contributed by atoms with Crippen molar-refractivity contribution in [3.63, 3.8) is 0 Å². The first-order valence-electron chi connectivity index (χ1n) is 3.12. The Balaban J connectivity index is 3.99. The number of nitrogens with two attached hydrogens (primary N) is 2. The average Bonchev–Trinajstić information content (AvgIpc) is 1.85. The van der Waals surface area contributed by atoms with Crippen LogP contribution in [0.3, 0.4) is 0 Å². The molecule has 0 unspecified atom stereocenters. The largest absolute Gasteiger partial charge is 0.391 e. The second-order valence-electron chi connectivity index (χ2n) is 2.69. The summed E-state index contributed by atoms with van der Waals surface area (Å²) in [4.78, 5) is 21.3. The third kappa shape index (κ3) is 3.69. The second kappa shape index (κ2) is 3.45. The van der Waals surface area contributed by atoms with E-state index in [0.717, 1.165) is 0 Å². The van der Waals surface area contributed by atoms with Crippen molar-refractivity contribution in [1.82, 2.24) is 0 Å². The number of ether oxygens (including phenoxy) is 1. The van der Waals surface area contributed by atoms with Crippen molar-refractivity contribution < 1.29 is 14.3 Å². The standard InChI is InChI=1S/C6H12N2O3/c1-6(2,8)5(10)11-4(9)3-7/h3,7-8H2,1-2H3. The van der Waals surface area contributed by atoms with Crippen molar-refractivity contribution in [3.8, 4) is 0 Å². The molecule has 4 N–H and O–H groups in total. The highest BCUT2D eigenvalue weighted by Gasteiger charge is 2.25. The lowest BCUT2D eigenvalue weighted by Crippen LogP contribution is -2.44. The minimum Gasteiger partial charge on any atom is -0.391 e. The first kappa shape index (κ1) is 10.1. The maximum atomic E-state index is 10.8. The Morgan fingerprint density at radius 3 is 2.18 bits per heavy atom. The van der Waals surface area contributed by atoms with Crippen LogP contribution in [0.1, 0.15) is 13.8 Å². The van der Waals surface area contributed by atoms with Crippen molar-refractivity contribution in [3.05, 3.63) is 0 Å². The zero-order valence-electron chi connectivity index (χ0n) is 6.59. The van der Waals surface area contributed by atoms with Gasteiger partial charge in [0, 0.05) is 0 Å². The fourth-order valence-corrected chi connectivity index (χ4v) is 0.277. The van der Waals surface area contributed by atoms with E-state index in [2.05, 4.69) is 4.74 Å². The normalized spacial score (nSPS) is 10.9. The number of hydrogen-bond donors (Lipinski definition) is 2. The molecule has 0 aliphatic rings. The molecule has 0 atom stereocenters. The molecule has 0 bridgehead atoms. The van der Waals surface area contributed by atoms with Gasteiger partial charge in [-0.2, -0.15) is 0 Å². The molecule has 0 rings (SSSR count). The monoisotopic (exact) mass is 160 g/mol. The van der Waals surface area contributed by atoms with Crippen molar-refractivity contribution in [2.75, 3.05) is 6.54 Å². The van der Waals surface area contributed by atoms with E-state index in [1.807, 2.05) is 0 Å². The Morgan fingerprint density at radius 2 is 1.91 bits per heavy atom. The number of esters is 2. The van der Waals surface area contributed by atoms with Crippen LogP contribution >= 0.6 is 0 Å². The summed E-state index contributed by atoms with van der Waals surface area (Å²) in [6.45, 7) is 2.57. The van der Waals surface area contributed by atoms with Crippen molar-refractivity contribution in [1.29, 1.82) is 0 Å². The zero-order valence-corrected chi connectivity index (χ0v) is 6.59. The molecular weight excluding hydrogens is 148 g/mol. The SMILES string of the molecule is CC(C)(N)C(=O)OC(=O)CN. The van der Waals surface area contributed by atoms with Gasteiger partial charge in [-0.05, 0) is 13.8 Å². The van der Waals surface area contributed by atoms with Crippen molar-refractivity contribution in [2.45, 2.75) is 19.4 Å². The minimum absolute atomic E-state index is 0.318. The lowest BCUT2D eigenvalue weighted by Gasteiger charge is -2.14. The molecule has 0 aromatic rings. The molecule has 0 radical (unpaired) electrons. The summed E-state index contributed by atoms with van der Waals surface area (Å²) in [5, 5.41) is 0. The van der Waals surface area contributed by atoms with E-state index in [9.17, 15) is 9.59 Å². The number of carbonyl (C=O) groups is 2. The highest BCUT2D eigenvalue weighted by Crippen LogP contribution is 1.99. The minimum atomic E-state index is -1.15. The van der Waals surface area contributed by atoms with Crippen LogP contribution < -0.4 is 11.5 Å². The van der Waals surface area contributed by atoms with Crippen molar-refractivity contribution >= 4 is 11.9 Å². The molecular formula is C6H12N2O3. The molecule has 0 amide bonds. The Bertz CT molecular complexity index is 171. The van der Waals surface area contributed by atoms with E-state index in [1.54, 1.807) is 0 Å². The van der Waals surface area contributed by atoms with E-state index >= 15 is 0 Å².